The summed E-state index contributed by atoms with van der Waals surface area (Å²) in [5, 5.41) is 5.99. The second kappa shape index (κ2) is 33.9. The smallest absolute Gasteiger partial charge is 0.306 e. The molecule has 0 aliphatic rings. The van der Waals surface area contributed by atoms with Crippen molar-refractivity contribution in [3.05, 3.63) is 20.4 Å². The zero-order valence-corrected chi connectivity index (χ0v) is 35.7. The van der Waals surface area contributed by atoms with Crippen LogP contribution in [-0.2, 0) is 19.1 Å². The van der Waals surface area contributed by atoms with Gasteiger partial charge in [-0.2, -0.15) is 0 Å². The van der Waals surface area contributed by atoms with Crippen LogP contribution in [0.1, 0.15) is 207 Å². The van der Waals surface area contributed by atoms with Gasteiger partial charge in [0.05, 0.1) is 0 Å². The van der Waals surface area contributed by atoms with Crippen LogP contribution in [0, 0.1) is 0 Å². The molecule has 1 aromatic carbocycles. The molecule has 0 aliphatic heterocycles. The van der Waals surface area contributed by atoms with E-state index in [1.165, 1.54) is 83.5 Å². The van der Waals surface area contributed by atoms with Crippen molar-refractivity contribution < 1.29 is 19.1 Å². The zero-order valence-electron chi connectivity index (χ0n) is 35.7. The minimum atomic E-state index is -0.448. The summed E-state index contributed by atoms with van der Waals surface area (Å²) in [6.07, 6.45) is 30.4. The Balaban J connectivity index is 2.48. The molecule has 0 spiro atoms. The van der Waals surface area contributed by atoms with Crippen molar-refractivity contribution in [3.63, 3.8) is 0 Å². The standard InChI is InChI=1S/C45H83N3O6/c1-6-10-12-14-19-23-30-39(31-24-20-15-13-11-7-2)54-41(50)33-26-28-36-48(37-29-34-47-43-42(46-5)44(51)45(43)52)35-27-22-18-16-17-21-25-32-40(49)53-38(8-3)9-4/h38-39,46-47H,6-37H2,1-5H3. The van der Waals surface area contributed by atoms with Crippen molar-refractivity contribution in [2.24, 2.45) is 0 Å². The molecule has 9 nitrogen and oxygen atoms in total. The maximum Gasteiger partial charge on any atom is 0.306 e. The van der Waals surface area contributed by atoms with Gasteiger partial charge in [0.25, 0.3) is 10.9 Å². The molecule has 0 atom stereocenters. The second-order valence-electron chi connectivity index (χ2n) is 15.6. The topological polar surface area (TPSA) is 114 Å². The van der Waals surface area contributed by atoms with Crippen LogP contribution >= 0.6 is 0 Å². The first-order valence-corrected chi connectivity index (χ1v) is 22.7. The molecule has 2 N–H and O–H groups in total. The van der Waals surface area contributed by atoms with Gasteiger partial charge in [-0.1, -0.05) is 124 Å². The number of nitrogens with one attached hydrogen (secondary N) is 2. The Hall–Kier alpha value is -2.42. The van der Waals surface area contributed by atoms with Crippen molar-refractivity contribution in [1.29, 1.82) is 0 Å². The third kappa shape index (κ3) is 24.2. The highest BCUT2D eigenvalue weighted by Gasteiger charge is 2.19. The number of unbranched alkanes of at least 4 members (excludes halogenated alkanes) is 17. The fourth-order valence-corrected chi connectivity index (χ4v) is 7.26. The third-order valence-corrected chi connectivity index (χ3v) is 10.8. The van der Waals surface area contributed by atoms with Gasteiger partial charge in [-0.05, 0) is 90.3 Å². The summed E-state index contributed by atoms with van der Waals surface area (Å²) < 4.78 is 11.6. The number of ether oxygens (including phenoxy) is 2. The highest BCUT2D eigenvalue weighted by molar-refractivity contribution is 5.73. The van der Waals surface area contributed by atoms with Crippen LogP contribution < -0.4 is 21.5 Å². The highest BCUT2D eigenvalue weighted by Crippen LogP contribution is 2.19. The van der Waals surface area contributed by atoms with E-state index >= 15 is 0 Å². The predicted molar refractivity (Wildman–Crippen MR) is 228 cm³/mol. The molecule has 0 unspecified atom stereocenters. The molecule has 0 amide bonds. The van der Waals surface area contributed by atoms with Gasteiger partial charge in [-0.25, -0.2) is 0 Å². The molecule has 0 saturated carbocycles. The Labute approximate surface area is 330 Å². The molecule has 1 rings (SSSR count). The maximum atomic E-state index is 13.0. The largest absolute Gasteiger partial charge is 0.462 e. The van der Waals surface area contributed by atoms with Gasteiger partial charge < -0.3 is 25.0 Å². The van der Waals surface area contributed by atoms with E-state index in [1.54, 1.807) is 7.05 Å². The Morgan fingerprint density at radius 1 is 0.519 bits per heavy atom. The molecule has 0 aromatic heterocycles. The quantitative estimate of drug-likeness (QED) is 0.0384. The Kier molecular flexibility index (Phi) is 31.1. The van der Waals surface area contributed by atoms with E-state index in [2.05, 4.69) is 43.2 Å². The van der Waals surface area contributed by atoms with E-state index in [9.17, 15) is 19.2 Å². The summed E-state index contributed by atoms with van der Waals surface area (Å²) in [4.78, 5) is 51.2. The third-order valence-electron chi connectivity index (χ3n) is 10.8. The minimum absolute atomic E-state index is 0.0379. The lowest BCUT2D eigenvalue weighted by atomic mass is 10.0. The predicted octanol–water partition coefficient (Wildman–Crippen LogP) is 10.9. The lowest BCUT2D eigenvalue weighted by molar-refractivity contribution is -0.150. The van der Waals surface area contributed by atoms with Gasteiger partial charge in [0.15, 0.2) is 0 Å². The first kappa shape index (κ1) is 49.6. The SMILES string of the molecule is CCCCCCCCC(CCCCCCCC)OC(=O)CCCCN(CCCCCCCCCC(=O)OC(CC)CC)CCCNc1c(NC)c(=O)c1=O. The average molecular weight is 762 g/mol. The summed E-state index contributed by atoms with van der Waals surface area (Å²) in [5.41, 5.74) is -0.102. The van der Waals surface area contributed by atoms with Gasteiger partial charge in [-0.15, -0.1) is 0 Å². The van der Waals surface area contributed by atoms with Crippen LogP contribution in [0.3, 0.4) is 0 Å². The molecule has 0 saturated heterocycles. The number of anilines is 2. The van der Waals surface area contributed by atoms with E-state index in [0.29, 0.717) is 30.8 Å². The molecule has 0 bridgehead atoms. The fraction of sp³-hybridized carbons (Fsp3) is 0.867. The molecule has 1 aromatic rings. The molecular formula is C45H83N3O6. The van der Waals surface area contributed by atoms with Crippen LogP contribution in [0.4, 0.5) is 11.4 Å². The summed E-state index contributed by atoms with van der Waals surface area (Å²) in [7, 11) is 1.66. The molecule has 0 heterocycles. The molecule has 0 aliphatic carbocycles. The van der Waals surface area contributed by atoms with Crippen LogP contribution in [0.2, 0.25) is 0 Å². The van der Waals surface area contributed by atoms with E-state index in [1.807, 2.05) is 0 Å². The van der Waals surface area contributed by atoms with Crippen LogP contribution in [0.15, 0.2) is 9.59 Å². The van der Waals surface area contributed by atoms with Crippen molar-refractivity contribution in [2.75, 3.05) is 43.9 Å². The first-order valence-electron chi connectivity index (χ1n) is 22.7. The van der Waals surface area contributed by atoms with Gasteiger partial charge in [0.1, 0.15) is 23.6 Å². The molecule has 9 heteroatoms. The normalized spacial score (nSPS) is 11.6. The Morgan fingerprint density at radius 3 is 1.44 bits per heavy atom. The summed E-state index contributed by atoms with van der Waals surface area (Å²) in [6, 6.07) is 0. The van der Waals surface area contributed by atoms with E-state index < -0.39 is 10.9 Å². The van der Waals surface area contributed by atoms with Crippen molar-refractivity contribution in [2.45, 2.75) is 220 Å². The average Bonchev–Trinajstić information content (AvgIpc) is 3.17. The van der Waals surface area contributed by atoms with Crippen molar-refractivity contribution >= 4 is 23.3 Å². The lowest BCUT2D eigenvalue weighted by Crippen LogP contribution is -2.37. The number of carbonyl (C=O) groups excluding carboxylic acids is 2. The number of nitrogens with zero attached hydrogens (tertiary/aromatic N) is 1. The lowest BCUT2D eigenvalue weighted by Gasteiger charge is -2.23. The molecule has 0 fully saturated rings. The van der Waals surface area contributed by atoms with Crippen molar-refractivity contribution in [1.82, 2.24) is 4.90 Å². The van der Waals surface area contributed by atoms with Gasteiger partial charge >= 0.3 is 11.9 Å². The van der Waals surface area contributed by atoms with Crippen LogP contribution in [-0.4, -0.2) is 62.3 Å². The monoisotopic (exact) mass is 762 g/mol. The number of hydrogen-bond donors (Lipinski definition) is 2. The number of hydrogen-bond acceptors (Lipinski definition) is 9. The molecule has 0 radical (unpaired) electrons. The zero-order chi connectivity index (χ0) is 39.7. The fourth-order valence-electron chi connectivity index (χ4n) is 7.26. The Morgan fingerprint density at radius 2 is 0.926 bits per heavy atom. The first-order chi connectivity index (χ1) is 26.3. The molecular weight excluding hydrogens is 679 g/mol. The maximum absolute atomic E-state index is 13.0. The minimum Gasteiger partial charge on any atom is -0.462 e. The van der Waals surface area contributed by atoms with E-state index in [4.69, 9.17) is 9.47 Å². The second-order valence-corrected chi connectivity index (χ2v) is 15.6. The summed E-state index contributed by atoms with van der Waals surface area (Å²) in [5.74, 6) is -0.0944. The number of esters is 2. The molecule has 314 valence electrons. The van der Waals surface area contributed by atoms with Crippen LogP contribution in [0.5, 0.6) is 0 Å². The van der Waals surface area contributed by atoms with Crippen molar-refractivity contribution in [3.8, 4) is 0 Å². The summed E-state index contributed by atoms with van der Waals surface area (Å²) >= 11 is 0. The van der Waals surface area contributed by atoms with Crippen LogP contribution in [0.25, 0.3) is 0 Å². The van der Waals surface area contributed by atoms with E-state index in [0.717, 1.165) is 103 Å². The number of carbonyl (C=O) groups is 2. The highest BCUT2D eigenvalue weighted by atomic mass is 16.5. The van der Waals surface area contributed by atoms with Gasteiger partial charge in [0.2, 0.25) is 0 Å². The van der Waals surface area contributed by atoms with Gasteiger partial charge in [0, 0.05) is 26.4 Å². The summed E-state index contributed by atoms with van der Waals surface area (Å²) in [6.45, 7) is 12.1. The molecule has 54 heavy (non-hydrogen) atoms. The van der Waals surface area contributed by atoms with Gasteiger partial charge in [-0.3, -0.25) is 19.2 Å². The number of rotatable bonds is 39. The Bertz CT molecular complexity index is 1110. The van der Waals surface area contributed by atoms with E-state index in [-0.39, 0.29) is 24.1 Å².